The number of carbonyl (C=O) groups is 1. The molecule has 0 amide bonds. The van der Waals surface area contributed by atoms with E-state index < -0.39 is 22.0 Å². The maximum Gasteiger partial charge on any atom is 0.306 e. The lowest BCUT2D eigenvalue weighted by atomic mass is 9.90. The molecular formula is C30H42N2O7S. The minimum absolute atomic E-state index is 0.0137. The molecule has 2 unspecified atom stereocenters. The first-order valence-electron chi connectivity index (χ1n) is 14.1. The summed E-state index contributed by atoms with van der Waals surface area (Å²) in [4.78, 5) is 15.8. The highest BCUT2D eigenvalue weighted by molar-refractivity contribution is 7.89. The number of nitrogens with one attached hydrogen (secondary N) is 1. The number of ether oxygens (including phenoxy) is 3. The number of hydrazine groups is 1. The third-order valence-electron chi connectivity index (χ3n) is 7.63. The van der Waals surface area contributed by atoms with E-state index in [0.29, 0.717) is 24.6 Å². The molecule has 0 spiro atoms. The first-order valence-corrected chi connectivity index (χ1v) is 15.6. The van der Waals surface area contributed by atoms with Crippen LogP contribution in [0.2, 0.25) is 0 Å². The van der Waals surface area contributed by atoms with E-state index in [0.717, 1.165) is 31.4 Å². The second kappa shape index (κ2) is 13.9. The van der Waals surface area contributed by atoms with Crippen LogP contribution in [0.3, 0.4) is 0 Å². The van der Waals surface area contributed by atoms with Crippen LogP contribution in [0.1, 0.15) is 45.1 Å². The van der Waals surface area contributed by atoms with Crippen LogP contribution in [0.4, 0.5) is 0 Å². The Morgan fingerprint density at radius 3 is 2.48 bits per heavy atom. The summed E-state index contributed by atoms with van der Waals surface area (Å²) in [6.45, 7) is 5.11. The summed E-state index contributed by atoms with van der Waals surface area (Å²) >= 11 is 0. The van der Waals surface area contributed by atoms with Crippen LogP contribution >= 0.6 is 0 Å². The van der Waals surface area contributed by atoms with Crippen molar-refractivity contribution >= 4 is 16.0 Å². The lowest BCUT2D eigenvalue weighted by molar-refractivity contribution is -0.151. The maximum atomic E-state index is 13.2. The highest BCUT2D eigenvalue weighted by Gasteiger charge is 2.40. The van der Waals surface area contributed by atoms with Crippen LogP contribution in [-0.2, 0) is 30.7 Å². The molecule has 1 saturated carbocycles. The van der Waals surface area contributed by atoms with Crippen molar-refractivity contribution in [3.05, 3.63) is 60.2 Å². The van der Waals surface area contributed by atoms with Gasteiger partial charge >= 0.3 is 5.97 Å². The van der Waals surface area contributed by atoms with Crippen LogP contribution in [-0.4, -0.2) is 69.6 Å². The average Bonchev–Trinajstić information content (AvgIpc) is 3.50. The average molecular weight is 575 g/mol. The molecule has 2 aromatic carbocycles. The van der Waals surface area contributed by atoms with Crippen molar-refractivity contribution in [3.8, 4) is 5.75 Å². The van der Waals surface area contributed by atoms with Crippen molar-refractivity contribution in [2.24, 2.45) is 17.8 Å². The number of hydrogen-bond acceptors (Lipinski definition) is 8. The summed E-state index contributed by atoms with van der Waals surface area (Å²) in [5.41, 5.74) is 0.984. The van der Waals surface area contributed by atoms with Gasteiger partial charge in [-0.3, -0.25) is 4.79 Å². The summed E-state index contributed by atoms with van der Waals surface area (Å²) in [6.07, 6.45) is 2.05. The first-order chi connectivity index (χ1) is 19.1. The molecule has 1 aliphatic heterocycles. The largest absolute Gasteiger partial charge is 0.497 e. The number of nitrogens with zero attached hydrogens (tertiary/aromatic N) is 1. The van der Waals surface area contributed by atoms with E-state index in [1.165, 1.54) is 24.3 Å². The Morgan fingerprint density at radius 1 is 1.10 bits per heavy atom. The normalized spacial score (nSPS) is 22.3. The van der Waals surface area contributed by atoms with Gasteiger partial charge in [-0.15, -0.1) is 4.83 Å². The number of benzene rings is 2. The maximum absolute atomic E-state index is 13.2. The van der Waals surface area contributed by atoms with Gasteiger partial charge in [0.25, 0.3) is 10.0 Å². The number of hydrogen-bond donors (Lipinski definition) is 2. The minimum atomic E-state index is -3.90. The van der Waals surface area contributed by atoms with Gasteiger partial charge in [0.15, 0.2) is 0 Å². The molecule has 0 bridgehead atoms. The minimum Gasteiger partial charge on any atom is -0.497 e. The third kappa shape index (κ3) is 8.50. The van der Waals surface area contributed by atoms with E-state index in [-0.39, 0.29) is 42.0 Å². The monoisotopic (exact) mass is 574 g/mol. The fraction of sp³-hybridized carbons (Fsp3) is 0.567. The summed E-state index contributed by atoms with van der Waals surface area (Å²) in [5, 5.41) is 12.9. The van der Waals surface area contributed by atoms with E-state index in [1.54, 1.807) is 12.1 Å². The number of carbonyl (C=O) groups excluding carboxylic acids is 1. The molecule has 220 valence electrons. The first kappa shape index (κ1) is 30.5. The molecule has 0 aromatic heterocycles. The van der Waals surface area contributed by atoms with Crippen LogP contribution in [0.15, 0.2) is 59.5 Å². The Balaban J connectivity index is 1.44. The Morgan fingerprint density at radius 2 is 1.82 bits per heavy atom. The van der Waals surface area contributed by atoms with Gasteiger partial charge in [-0.05, 0) is 60.9 Å². The van der Waals surface area contributed by atoms with Gasteiger partial charge in [0, 0.05) is 32.0 Å². The number of sulfonamides is 1. The quantitative estimate of drug-likeness (QED) is 0.260. The zero-order chi connectivity index (χ0) is 28.7. The smallest absolute Gasteiger partial charge is 0.306 e. The Bertz CT molecular complexity index is 1180. The number of methoxy groups -OCH3 is 1. The zero-order valence-corrected chi connectivity index (χ0v) is 24.4. The van der Waals surface area contributed by atoms with Crippen molar-refractivity contribution in [2.75, 3.05) is 26.8 Å². The highest BCUT2D eigenvalue weighted by Crippen LogP contribution is 2.37. The molecule has 5 atom stereocenters. The molecular weight excluding hydrogens is 532 g/mol. The van der Waals surface area contributed by atoms with E-state index in [9.17, 15) is 18.3 Å². The molecule has 1 heterocycles. The predicted octanol–water partition coefficient (Wildman–Crippen LogP) is 3.57. The van der Waals surface area contributed by atoms with Crippen molar-refractivity contribution in [2.45, 2.75) is 69.2 Å². The molecule has 40 heavy (non-hydrogen) atoms. The molecule has 1 aliphatic carbocycles. The van der Waals surface area contributed by atoms with E-state index >= 15 is 0 Å². The lowest BCUT2D eigenvalue weighted by Crippen LogP contribution is -2.49. The van der Waals surface area contributed by atoms with Gasteiger partial charge in [-0.1, -0.05) is 44.2 Å². The fourth-order valence-corrected chi connectivity index (χ4v) is 6.75. The predicted molar refractivity (Wildman–Crippen MR) is 151 cm³/mol. The zero-order valence-electron chi connectivity index (χ0n) is 23.6. The second-order valence-electron chi connectivity index (χ2n) is 11.3. The van der Waals surface area contributed by atoms with Gasteiger partial charge < -0.3 is 19.3 Å². The molecule has 10 heteroatoms. The fourth-order valence-electron chi connectivity index (χ4n) is 5.66. The summed E-state index contributed by atoms with van der Waals surface area (Å²) < 4.78 is 43.0. The third-order valence-corrected chi connectivity index (χ3v) is 9.02. The number of esters is 1. The summed E-state index contributed by atoms with van der Waals surface area (Å²) in [6, 6.07) is 15.8. The topological polar surface area (TPSA) is 114 Å². The van der Waals surface area contributed by atoms with Gasteiger partial charge in [-0.2, -0.15) is 0 Å². The summed E-state index contributed by atoms with van der Waals surface area (Å²) in [5.74, 6) is 0.308. The van der Waals surface area contributed by atoms with Crippen molar-refractivity contribution in [3.63, 3.8) is 0 Å². The molecule has 9 nitrogen and oxygen atoms in total. The van der Waals surface area contributed by atoms with Crippen LogP contribution < -0.4 is 9.57 Å². The number of rotatable bonds is 14. The molecule has 2 aromatic rings. The van der Waals surface area contributed by atoms with Crippen molar-refractivity contribution in [1.82, 2.24) is 9.84 Å². The van der Waals surface area contributed by atoms with E-state index in [1.807, 2.05) is 44.2 Å². The summed E-state index contributed by atoms with van der Waals surface area (Å²) in [7, 11) is -2.38. The SMILES string of the molecule is COc1ccc(S(=O)(=O)NN(CC(C)C)C[C@@H](O)[C@@H](CC(=O)OC2CC3CCO[C@@H]3C2)Cc2ccccc2)cc1. The van der Waals surface area contributed by atoms with Gasteiger partial charge in [0.2, 0.25) is 0 Å². The van der Waals surface area contributed by atoms with Gasteiger partial charge in [-0.25, -0.2) is 13.4 Å². The van der Waals surface area contributed by atoms with Crippen LogP contribution in [0.25, 0.3) is 0 Å². The van der Waals surface area contributed by atoms with Gasteiger partial charge in [0.1, 0.15) is 11.9 Å². The number of fused-ring (bicyclic) bond motifs is 1. The van der Waals surface area contributed by atoms with Crippen molar-refractivity contribution in [1.29, 1.82) is 0 Å². The van der Waals surface area contributed by atoms with E-state index in [2.05, 4.69) is 4.83 Å². The number of aliphatic hydroxyl groups is 1. The molecule has 2 fully saturated rings. The van der Waals surface area contributed by atoms with Gasteiger partial charge in [0.05, 0.1) is 30.6 Å². The number of aliphatic hydroxyl groups excluding tert-OH is 1. The molecule has 0 radical (unpaired) electrons. The van der Waals surface area contributed by atoms with E-state index in [4.69, 9.17) is 14.2 Å². The highest BCUT2D eigenvalue weighted by atomic mass is 32.2. The second-order valence-corrected chi connectivity index (χ2v) is 13.0. The Labute approximate surface area is 237 Å². The Kier molecular flexibility index (Phi) is 10.6. The lowest BCUT2D eigenvalue weighted by Gasteiger charge is -2.30. The molecule has 4 rings (SSSR count). The Hall–Kier alpha value is -2.50. The molecule has 2 aliphatic rings. The van der Waals surface area contributed by atoms with Crippen LogP contribution in [0, 0.1) is 17.8 Å². The standard InChI is InChI=1S/C30H42N2O7S/c1-21(2)19-32(31-40(35,36)27-11-9-25(37-3)10-12-27)20-28(33)24(15-22-7-5-4-6-8-22)17-30(34)39-26-16-23-13-14-38-29(23)18-26/h4-12,21,23-24,26,28-29,31,33H,13-20H2,1-3H3/t23?,24-,26?,28-,29-/m1/s1. The molecule has 1 saturated heterocycles. The van der Waals surface area contributed by atoms with Crippen LogP contribution in [0.5, 0.6) is 5.75 Å². The molecule has 2 N–H and O–H groups in total. The van der Waals surface area contributed by atoms with Crippen molar-refractivity contribution < 1.29 is 32.5 Å².